The van der Waals surface area contributed by atoms with E-state index in [0.717, 1.165) is 40.4 Å². The van der Waals surface area contributed by atoms with Gasteiger partial charge >= 0.3 is 0 Å². The van der Waals surface area contributed by atoms with E-state index < -0.39 is 25.5 Å². The van der Waals surface area contributed by atoms with Crippen LogP contribution in [0.15, 0.2) is 176 Å². The maximum atomic E-state index is 8.31. The average Bonchev–Trinajstić information content (AvgIpc) is 0.781. The van der Waals surface area contributed by atoms with Gasteiger partial charge in [-0.1, -0.05) is 546 Å². The van der Waals surface area contributed by atoms with Crippen LogP contribution < -0.4 is 0 Å². The van der Waals surface area contributed by atoms with E-state index in [0.29, 0.717) is 81.8 Å². The predicted octanol–water partition coefficient (Wildman–Crippen LogP) is 46.0. The molecule has 0 heterocycles. The summed E-state index contributed by atoms with van der Waals surface area (Å²) in [7, 11) is 0. The fraction of sp³-hybridized carbons (Fsp3) is 0.589. The molecule has 0 nitrogen and oxygen atoms in total. The summed E-state index contributed by atoms with van der Waals surface area (Å²) in [6, 6.07) is 63.6. The molecule has 10 aromatic carbocycles. The first-order chi connectivity index (χ1) is 69.8. The molecule has 0 aliphatic rings. The molecular weight excluding hydrogens is 1750 g/mol. The Hall–Kier alpha value is -7.80. The van der Waals surface area contributed by atoms with Crippen LogP contribution in [0.25, 0.3) is 0 Å². The minimum atomic E-state index is -2.00. The third kappa shape index (κ3) is 47.8. The van der Waals surface area contributed by atoms with E-state index in [1.54, 1.807) is 52.6 Å². The molecule has 0 aromatic heterocycles. The topological polar surface area (TPSA) is 0 Å². The van der Waals surface area contributed by atoms with E-state index >= 15 is 0 Å². The number of benzene rings is 10. The minimum absolute atomic E-state index is 0.103. The first-order valence-corrected chi connectivity index (χ1v) is 57.0. The molecule has 10 aromatic rings. The van der Waals surface area contributed by atoms with Crippen LogP contribution in [0, 0.1) is 72.1 Å². The minimum Gasteiger partial charge on any atom is -0.0625 e. The lowest BCUT2D eigenvalue weighted by molar-refractivity contribution is 0.547. The monoisotopic (exact) mass is 1990 g/mol. The lowest BCUT2D eigenvalue weighted by Gasteiger charge is -2.31. The van der Waals surface area contributed by atoms with Crippen LogP contribution in [0.3, 0.4) is 0 Å². The van der Waals surface area contributed by atoms with Gasteiger partial charge in [0, 0.05) is 11.0 Å². The molecule has 0 radical (unpaired) electrons. The van der Waals surface area contributed by atoms with E-state index in [-0.39, 0.29) is 33.0 Å². The zero-order valence-electron chi connectivity index (χ0n) is 114. The number of hydrogen-bond acceptors (Lipinski definition) is 0. The van der Waals surface area contributed by atoms with E-state index in [1.807, 2.05) is 41.5 Å². The molecule has 0 aliphatic carbocycles. The van der Waals surface area contributed by atoms with Crippen LogP contribution >= 0.6 is 0 Å². The summed E-state index contributed by atoms with van der Waals surface area (Å²) in [4.78, 5) is 0. The van der Waals surface area contributed by atoms with Crippen molar-refractivity contribution in [1.82, 2.24) is 0 Å². The fourth-order valence-corrected chi connectivity index (χ4v) is 19.9. The Balaban J connectivity index is 0.000000858. The Morgan fingerprint density at radius 1 is 0.226 bits per heavy atom. The van der Waals surface area contributed by atoms with Crippen molar-refractivity contribution in [3.63, 3.8) is 0 Å². The van der Waals surface area contributed by atoms with E-state index in [4.69, 9.17) is 11.0 Å². The number of hydrogen-bond donors (Lipinski definition) is 0. The van der Waals surface area contributed by atoms with Crippen LogP contribution in [0.5, 0.6) is 0 Å². The van der Waals surface area contributed by atoms with Crippen molar-refractivity contribution >= 4 is 0 Å². The van der Waals surface area contributed by atoms with Crippen LogP contribution in [0.4, 0.5) is 0 Å². The lowest BCUT2D eigenvalue weighted by Crippen LogP contribution is -2.21. The summed E-state index contributed by atoms with van der Waals surface area (Å²) in [6.07, 6.45) is 1.93. The molecule has 0 aliphatic heterocycles. The quantitative estimate of drug-likeness (QED) is 0.0599. The van der Waals surface area contributed by atoms with Crippen LogP contribution in [0.2, 0.25) is 0 Å². The Labute approximate surface area is 921 Å². The highest BCUT2D eigenvalue weighted by Gasteiger charge is 2.29. The molecule has 0 amide bonds. The standard InChI is InChI=1S/4C17H28.C16H26.C15H24.C13H20.C12H18.2C11H16/c1-12(2)13-9-14(16(3,4)5)11-15(10-13)17(6,7)8;1-12(2)7-15-9-16(8-13(3)4)11-17(10-15)14(5)6;1-12(2)15-13(16(3,4)5)10-9-11-14(15)17(6,7)8;1-12(2)10-15-8-7-9-16(11-13(3)4)17(15)14(5)6;1-11(2)13-9-8-10-14(16(5,6)7)15(13)12(3)4;1-10(2)13-7-14(11(3)4)9-15(8-13)12(5)6;1-5-11-8-7-9-12(6-2)13(11)10(3)4;1-8(2)12-10(4)6-9(3)7-11(12)5;1-8(2)11-6-9(3)5-10(4)7-11;1-8(2)11-9(3)6-5-7-10(11)4/h9-12H,1-8H3;9-14H,7-8H2,1-6H3;9-12H,1-8H3;7-9,12-14H,10-11H2,1-6H3;8-12H,1-7H3;7-12H,1-6H3;7-10H,5-6H2,1-4H3;6-8H,1-5H3;2*5-8H,1-4H3/i;;;;11D;;5D2,6D2;3D3;;. The highest BCUT2D eigenvalue weighted by Crippen LogP contribution is 2.41. The summed E-state index contributed by atoms with van der Waals surface area (Å²) in [5, 5.41) is 0. The Morgan fingerprint density at radius 2 is 0.486 bits per heavy atom. The summed E-state index contributed by atoms with van der Waals surface area (Å²) < 4.78 is 61.9. The van der Waals surface area contributed by atoms with Gasteiger partial charge in [0.25, 0.3) is 0 Å². The van der Waals surface area contributed by atoms with Gasteiger partial charge in [-0.05, 0) is 370 Å². The maximum Gasteiger partial charge on any atom is 0.0347 e. The van der Waals surface area contributed by atoms with Gasteiger partial charge in [-0.25, -0.2) is 0 Å². The lowest BCUT2D eigenvalue weighted by atomic mass is 9.73. The summed E-state index contributed by atoms with van der Waals surface area (Å²) >= 11 is 0. The third-order valence-electron chi connectivity index (χ3n) is 27.3. The highest BCUT2D eigenvalue weighted by molar-refractivity contribution is 5.48. The second-order valence-corrected chi connectivity index (χ2v) is 53.4. The zero-order valence-corrected chi connectivity index (χ0v) is 106. The van der Waals surface area contributed by atoms with Crippen LogP contribution in [-0.2, 0) is 65.5 Å². The summed E-state index contributed by atoms with van der Waals surface area (Å²) in [6.45, 7) is 124. The highest BCUT2D eigenvalue weighted by atomic mass is 14.3. The molecular formula is C146H232. The number of rotatable bonds is 23. The van der Waals surface area contributed by atoms with Gasteiger partial charge in [0.2, 0.25) is 0 Å². The van der Waals surface area contributed by atoms with Crippen molar-refractivity contribution in [2.24, 2.45) is 23.7 Å². The Morgan fingerprint density at radius 3 is 0.753 bits per heavy atom. The summed E-state index contributed by atoms with van der Waals surface area (Å²) in [5.74, 6) is 9.06. The van der Waals surface area contributed by atoms with Crippen LogP contribution in [-0.4, -0.2) is 0 Å². The first-order valence-electron chi connectivity index (χ1n) is 61.0. The predicted molar refractivity (Wildman–Crippen MR) is 667 cm³/mol. The third-order valence-corrected chi connectivity index (χ3v) is 27.3. The largest absolute Gasteiger partial charge is 0.0625 e. The second kappa shape index (κ2) is 62.9. The molecule has 0 spiro atoms. The molecule has 10 rings (SSSR count). The van der Waals surface area contributed by atoms with Crippen molar-refractivity contribution in [3.05, 3.63) is 348 Å². The molecule has 0 heteroatoms. The molecule has 0 unspecified atom stereocenters. The van der Waals surface area contributed by atoms with Crippen LogP contribution in [0.1, 0.15) is 613 Å². The molecule has 0 saturated carbocycles. The molecule has 0 bridgehead atoms. The Kier molecular flexibility index (Phi) is 52.4. The van der Waals surface area contributed by atoms with Gasteiger partial charge in [0.1, 0.15) is 0 Å². The van der Waals surface area contributed by atoms with Crippen molar-refractivity contribution in [3.8, 4) is 0 Å². The summed E-state index contributed by atoms with van der Waals surface area (Å²) in [5.41, 5.74) is 41.9. The molecule has 0 saturated heterocycles. The normalized spacial score (nSPS) is 13.0. The average molecular weight is 2000 g/mol. The van der Waals surface area contributed by atoms with Gasteiger partial charge in [-0.15, -0.1) is 0 Å². The Bertz CT molecular complexity index is 5290. The van der Waals surface area contributed by atoms with E-state index in [9.17, 15) is 0 Å². The SMILES string of the molecule is CC(C)Cc1cc(CC(C)C)cc(C(C)C)c1.CC(C)Cc1cccc(CC(C)C)c1C(C)C.CC(C)c1c(C(C)(C)C)cccc1C(C)(C)C.CC(C)c1cc(C(C)(C)C)cc(C(C)(C)C)c1.CC(C)c1cc(C(C)C)cc(C(C)C)c1.Cc1cc(C)cc(C(C)C)c1.Cc1cccc(C)c1C(C)C.[2H]C(C)(C)c1cccc(C(C)(C)C)c1C(C)C.[2H]C([2H])(C)c1cccc(C([2H])([2H])C)c1C(C)C.[2H]C([2H])([2H])c1cc(C)c(C(C)C)c(C)c1. The maximum absolute atomic E-state index is 8.31. The van der Waals surface area contributed by atoms with Gasteiger partial charge < -0.3 is 0 Å². The first kappa shape index (κ1) is 122. The van der Waals surface area contributed by atoms with Crippen molar-refractivity contribution in [1.29, 1.82) is 0 Å². The molecule has 0 fully saturated rings. The molecule has 816 valence electrons. The van der Waals surface area contributed by atoms with E-state index in [1.165, 1.54) is 156 Å². The molecule has 0 N–H and O–H groups in total. The van der Waals surface area contributed by atoms with Crippen molar-refractivity contribution < 1.29 is 11.0 Å². The molecule has 0 atom stereocenters. The van der Waals surface area contributed by atoms with E-state index in [2.05, 4.69) is 485 Å². The van der Waals surface area contributed by atoms with Gasteiger partial charge in [-0.2, -0.15) is 0 Å². The molecule has 146 heavy (non-hydrogen) atoms. The smallest absolute Gasteiger partial charge is 0.0347 e. The number of aryl methyl sites for hydroxylation is 9. The second-order valence-electron chi connectivity index (χ2n) is 53.4. The van der Waals surface area contributed by atoms with Gasteiger partial charge in [0.15, 0.2) is 0 Å². The van der Waals surface area contributed by atoms with Gasteiger partial charge in [-0.3, -0.25) is 0 Å². The van der Waals surface area contributed by atoms with Gasteiger partial charge in [0.05, 0.1) is 0 Å². The van der Waals surface area contributed by atoms with Crippen molar-refractivity contribution in [2.45, 2.75) is 544 Å². The fourth-order valence-electron chi connectivity index (χ4n) is 19.9. The van der Waals surface area contributed by atoms with Crippen molar-refractivity contribution in [2.75, 3.05) is 0 Å². The zero-order chi connectivity index (χ0) is 120.